The van der Waals surface area contributed by atoms with Crippen LogP contribution >= 0.6 is 11.3 Å². The van der Waals surface area contributed by atoms with E-state index < -0.39 is 0 Å². The van der Waals surface area contributed by atoms with E-state index in [-0.39, 0.29) is 5.41 Å². The van der Waals surface area contributed by atoms with E-state index in [0.29, 0.717) is 0 Å². The van der Waals surface area contributed by atoms with Crippen molar-refractivity contribution in [2.75, 3.05) is 0 Å². The van der Waals surface area contributed by atoms with Crippen LogP contribution in [0.2, 0.25) is 0 Å². The molecule has 0 bridgehead atoms. The Balaban J connectivity index is 1.19. The maximum Gasteiger partial charge on any atom is 0.0355 e. The van der Waals surface area contributed by atoms with E-state index in [1.165, 1.54) is 64.7 Å². The normalized spacial score (nSPS) is 13.6. The van der Waals surface area contributed by atoms with Gasteiger partial charge in [-0.3, -0.25) is 0 Å². The summed E-state index contributed by atoms with van der Waals surface area (Å²) in [6, 6.07) is 40.2. The summed E-state index contributed by atoms with van der Waals surface area (Å²) in [6.45, 7) is 9.18. The van der Waals surface area contributed by atoms with E-state index in [2.05, 4.69) is 130 Å². The number of benzene rings is 5. The van der Waals surface area contributed by atoms with Gasteiger partial charge in [-0.2, -0.15) is 0 Å². The summed E-state index contributed by atoms with van der Waals surface area (Å²) in [7, 11) is 0. The summed E-state index contributed by atoms with van der Waals surface area (Å²) in [5, 5.41) is 2.69. The molecule has 1 heterocycles. The van der Waals surface area contributed by atoms with Crippen LogP contribution in [0.4, 0.5) is 0 Å². The van der Waals surface area contributed by atoms with E-state index >= 15 is 0 Å². The van der Waals surface area contributed by atoms with E-state index in [4.69, 9.17) is 0 Å². The Morgan fingerprint density at radius 2 is 1.41 bits per heavy atom. The van der Waals surface area contributed by atoms with Crippen LogP contribution in [-0.2, 0) is 11.8 Å². The van der Waals surface area contributed by atoms with Crippen LogP contribution in [0.15, 0.2) is 116 Å². The third-order valence-electron chi connectivity index (χ3n) is 8.05. The van der Waals surface area contributed by atoms with Crippen molar-refractivity contribution < 1.29 is 0 Å². The third kappa shape index (κ3) is 3.57. The van der Waals surface area contributed by atoms with Crippen LogP contribution in [0.25, 0.3) is 48.0 Å². The van der Waals surface area contributed by atoms with E-state index in [1.54, 1.807) is 0 Å². The molecular weight excluding hydrogens is 464 g/mol. The van der Waals surface area contributed by atoms with Crippen LogP contribution < -0.4 is 0 Å². The summed E-state index contributed by atoms with van der Waals surface area (Å²) in [5.41, 5.74) is 11.7. The van der Waals surface area contributed by atoms with Gasteiger partial charge in [0.25, 0.3) is 0 Å². The fourth-order valence-electron chi connectivity index (χ4n) is 6.04. The summed E-state index contributed by atoms with van der Waals surface area (Å²) in [5.74, 6) is 0. The second kappa shape index (κ2) is 8.30. The molecule has 5 aromatic carbocycles. The van der Waals surface area contributed by atoms with Crippen molar-refractivity contribution >= 4 is 37.1 Å². The lowest BCUT2D eigenvalue weighted by atomic mass is 9.81. The number of allylic oxidation sites excluding steroid dienone is 1. The molecule has 178 valence electrons. The first kappa shape index (κ1) is 22.3. The topological polar surface area (TPSA) is 0 Å². The first-order valence-electron chi connectivity index (χ1n) is 12.9. The lowest BCUT2D eigenvalue weighted by Crippen LogP contribution is -2.15. The lowest BCUT2D eigenvalue weighted by molar-refractivity contribution is 0.660. The molecular formula is C36H28S. The van der Waals surface area contributed by atoms with Crippen LogP contribution in [0.5, 0.6) is 0 Å². The Hall–Kier alpha value is -3.94. The maximum atomic E-state index is 4.51. The predicted molar refractivity (Wildman–Crippen MR) is 162 cm³/mol. The molecule has 1 heteroatoms. The number of hydrogen-bond donors (Lipinski definition) is 0. The van der Waals surface area contributed by atoms with Gasteiger partial charge in [0.15, 0.2) is 0 Å². The summed E-state index contributed by atoms with van der Waals surface area (Å²) in [6.07, 6.45) is 0.837. The molecule has 0 saturated carbocycles. The molecule has 0 spiro atoms. The molecule has 1 aliphatic rings. The Morgan fingerprint density at radius 1 is 0.649 bits per heavy atom. The fourth-order valence-corrected chi connectivity index (χ4v) is 7.13. The van der Waals surface area contributed by atoms with E-state index in [1.807, 2.05) is 11.3 Å². The van der Waals surface area contributed by atoms with Crippen LogP contribution in [-0.4, -0.2) is 0 Å². The van der Waals surface area contributed by atoms with Crippen molar-refractivity contribution in [1.29, 1.82) is 0 Å². The zero-order valence-electron chi connectivity index (χ0n) is 21.2. The molecule has 6 aromatic rings. The van der Waals surface area contributed by atoms with E-state index in [9.17, 15) is 0 Å². The predicted octanol–water partition coefficient (Wildman–Crippen LogP) is 10.3. The lowest BCUT2D eigenvalue weighted by Gasteiger charge is -2.22. The van der Waals surface area contributed by atoms with Gasteiger partial charge in [0.1, 0.15) is 0 Å². The number of hydrogen-bond acceptors (Lipinski definition) is 1. The highest BCUT2D eigenvalue weighted by Gasteiger charge is 2.35. The van der Waals surface area contributed by atoms with Gasteiger partial charge in [0, 0.05) is 25.6 Å². The van der Waals surface area contributed by atoms with Crippen molar-refractivity contribution in [3.05, 3.63) is 138 Å². The summed E-state index contributed by atoms with van der Waals surface area (Å²) < 4.78 is 2.69. The zero-order valence-corrected chi connectivity index (χ0v) is 22.0. The molecule has 0 unspecified atom stereocenters. The summed E-state index contributed by atoms with van der Waals surface area (Å²) >= 11 is 1.87. The van der Waals surface area contributed by atoms with Gasteiger partial charge in [-0.25, -0.2) is 0 Å². The molecule has 0 fully saturated rings. The standard InChI is InChI=1S/C36H28S/c1-23(25-15-17-29-28-11-4-6-13-32(28)36(2,3)33(29)22-25)19-24-9-8-10-26(20-24)27-16-18-35-31(21-27)30-12-5-7-14-34(30)37-35/h4-18,20-22H,1,19H2,2-3H3. The maximum absolute atomic E-state index is 4.51. The molecule has 1 aromatic heterocycles. The number of rotatable bonds is 4. The van der Waals surface area contributed by atoms with Gasteiger partial charge >= 0.3 is 0 Å². The van der Waals surface area contributed by atoms with Gasteiger partial charge in [-0.05, 0) is 80.8 Å². The minimum Gasteiger partial charge on any atom is -0.135 e. The highest BCUT2D eigenvalue weighted by atomic mass is 32.1. The molecule has 0 saturated heterocycles. The third-order valence-corrected chi connectivity index (χ3v) is 9.20. The Morgan fingerprint density at radius 3 is 2.32 bits per heavy atom. The van der Waals surface area contributed by atoms with Gasteiger partial charge in [-0.1, -0.05) is 105 Å². The molecule has 0 amide bonds. The monoisotopic (exact) mass is 492 g/mol. The van der Waals surface area contributed by atoms with Gasteiger partial charge < -0.3 is 0 Å². The van der Waals surface area contributed by atoms with Crippen LogP contribution in [0, 0.1) is 0 Å². The van der Waals surface area contributed by atoms with Crippen molar-refractivity contribution in [2.24, 2.45) is 0 Å². The summed E-state index contributed by atoms with van der Waals surface area (Å²) in [4.78, 5) is 0. The van der Waals surface area contributed by atoms with Crippen molar-refractivity contribution in [1.82, 2.24) is 0 Å². The number of fused-ring (bicyclic) bond motifs is 6. The van der Waals surface area contributed by atoms with Gasteiger partial charge in [-0.15, -0.1) is 11.3 Å². The molecule has 0 nitrogen and oxygen atoms in total. The second-order valence-electron chi connectivity index (χ2n) is 10.7. The number of thiophene rings is 1. The van der Waals surface area contributed by atoms with Crippen molar-refractivity contribution in [3.63, 3.8) is 0 Å². The average molecular weight is 493 g/mol. The zero-order chi connectivity index (χ0) is 25.1. The van der Waals surface area contributed by atoms with Crippen molar-refractivity contribution in [2.45, 2.75) is 25.7 Å². The first-order valence-corrected chi connectivity index (χ1v) is 13.7. The minimum atomic E-state index is 0.00655. The van der Waals surface area contributed by atoms with Crippen LogP contribution in [0.1, 0.15) is 36.1 Å². The smallest absolute Gasteiger partial charge is 0.0355 e. The first-order chi connectivity index (χ1) is 18.0. The van der Waals surface area contributed by atoms with Crippen LogP contribution in [0.3, 0.4) is 0 Å². The fraction of sp³-hybridized carbons (Fsp3) is 0.111. The Labute approximate surface area is 222 Å². The highest BCUT2D eigenvalue weighted by molar-refractivity contribution is 7.25. The molecule has 7 rings (SSSR count). The molecule has 1 aliphatic carbocycles. The van der Waals surface area contributed by atoms with Crippen molar-refractivity contribution in [3.8, 4) is 22.3 Å². The van der Waals surface area contributed by atoms with Gasteiger partial charge in [0.05, 0.1) is 0 Å². The molecule has 0 aliphatic heterocycles. The van der Waals surface area contributed by atoms with Gasteiger partial charge in [0.2, 0.25) is 0 Å². The minimum absolute atomic E-state index is 0.00655. The highest BCUT2D eigenvalue weighted by Crippen LogP contribution is 2.49. The largest absolute Gasteiger partial charge is 0.135 e. The SMILES string of the molecule is C=C(Cc1cccc(-c2ccc3sc4ccccc4c3c2)c1)c1ccc2c(c1)C(C)(C)c1ccccc1-2. The quantitative estimate of drug-likeness (QED) is 0.230. The molecule has 0 N–H and O–H groups in total. The molecule has 0 radical (unpaired) electrons. The van der Waals surface area contributed by atoms with E-state index in [0.717, 1.165) is 12.0 Å². The Kier molecular flexibility index (Phi) is 4.99. The molecule has 0 atom stereocenters. The molecule has 37 heavy (non-hydrogen) atoms. The second-order valence-corrected chi connectivity index (χ2v) is 11.8. The average Bonchev–Trinajstić information content (AvgIpc) is 3.41. The Bertz CT molecular complexity index is 1850.